The SMILES string of the molecule is CCC(CC)(C(=O)c1cc(OC)ccc1OC)N(C)C. The highest BCUT2D eigenvalue weighted by atomic mass is 16.5. The highest BCUT2D eigenvalue weighted by molar-refractivity contribution is 6.05. The largest absolute Gasteiger partial charge is 0.497 e. The van der Waals surface area contributed by atoms with Gasteiger partial charge in [0, 0.05) is 0 Å². The lowest BCUT2D eigenvalue weighted by Crippen LogP contribution is -2.50. The van der Waals surface area contributed by atoms with Crippen LogP contribution in [0, 0.1) is 0 Å². The minimum atomic E-state index is -0.514. The number of Topliss-reactive ketones (excluding diaryl/α,β-unsaturated/α-hetero) is 1. The summed E-state index contributed by atoms with van der Waals surface area (Å²) in [5.74, 6) is 1.32. The van der Waals surface area contributed by atoms with Gasteiger partial charge in [-0.15, -0.1) is 0 Å². The van der Waals surface area contributed by atoms with E-state index < -0.39 is 5.54 Å². The van der Waals surface area contributed by atoms with Gasteiger partial charge in [-0.1, -0.05) is 13.8 Å². The summed E-state index contributed by atoms with van der Waals surface area (Å²) >= 11 is 0. The molecule has 0 aliphatic carbocycles. The number of nitrogens with zero attached hydrogens (tertiary/aromatic N) is 1. The van der Waals surface area contributed by atoms with E-state index in [0.717, 1.165) is 12.8 Å². The van der Waals surface area contributed by atoms with E-state index in [1.165, 1.54) is 0 Å². The Labute approximate surface area is 121 Å². The van der Waals surface area contributed by atoms with Gasteiger partial charge in [0.2, 0.25) is 0 Å². The van der Waals surface area contributed by atoms with Crippen molar-refractivity contribution in [1.82, 2.24) is 4.90 Å². The zero-order chi connectivity index (χ0) is 15.3. The van der Waals surface area contributed by atoms with Crippen LogP contribution in [0.5, 0.6) is 11.5 Å². The van der Waals surface area contributed by atoms with Crippen LogP contribution >= 0.6 is 0 Å². The number of rotatable bonds is 7. The van der Waals surface area contributed by atoms with Gasteiger partial charge >= 0.3 is 0 Å². The summed E-state index contributed by atoms with van der Waals surface area (Å²) in [6, 6.07) is 5.33. The van der Waals surface area contributed by atoms with Crippen molar-refractivity contribution in [3.05, 3.63) is 23.8 Å². The lowest BCUT2D eigenvalue weighted by atomic mass is 9.83. The van der Waals surface area contributed by atoms with Crippen LogP contribution in [-0.2, 0) is 0 Å². The highest BCUT2D eigenvalue weighted by Crippen LogP contribution is 2.32. The molecule has 20 heavy (non-hydrogen) atoms. The molecule has 0 radical (unpaired) electrons. The van der Waals surface area contributed by atoms with Crippen molar-refractivity contribution in [2.24, 2.45) is 0 Å². The Morgan fingerprint density at radius 3 is 2.15 bits per heavy atom. The molecule has 0 saturated carbocycles. The predicted molar refractivity (Wildman–Crippen MR) is 80.9 cm³/mol. The molecule has 0 bridgehead atoms. The highest BCUT2D eigenvalue weighted by Gasteiger charge is 2.39. The summed E-state index contributed by atoms with van der Waals surface area (Å²) in [5.41, 5.74) is 0.0591. The van der Waals surface area contributed by atoms with Crippen LogP contribution < -0.4 is 9.47 Å². The molecule has 4 nitrogen and oxygen atoms in total. The van der Waals surface area contributed by atoms with Gasteiger partial charge in [-0.2, -0.15) is 0 Å². The average Bonchev–Trinajstić information content (AvgIpc) is 2.47. The number of ketones is 1. The van der Waals surface area contributed by atoms with Crippen molar-refractivity contribution in [3.63, 3.8) is 0 Å². The summed E-state index contributed by atoms with van der Waals surface area (Å²) < 4.78 is 10.6. The molecule has 0 unspecified atom stereocenters. The molecule has 1 aromatic carbocycles. The molecule has 112 valence electrons. The van der Waals surface area contributed by atoms with E-state index in [-0.39, 0.29) is 5.78 Å². The number of benzene rings is 1. The maximum absolute atomic E-state index is 13.0. The molecule has 4 heteroatoms. The predicted octanol–water partition coefficient (Wildman–Crippen LogP) is 3.01. The van der Waals surface area contributed by atoms with Gasteiger partial charge in [0.25, 0.3) is 0 Å². The number of ether oxygens (including phenoxy) is 2. The first-order valence-electron chi connectivity index (χ1n) is 6.91. The molecule has 0 aliphatic rings. The van der Waals surface area contributed by atoms with Gasteiger partial charge in [-0.25, -0.2) is 0 Å². The topological polar surface area (TPSA) is 38.8 Å². The van der Waals surface area contributed by atoms with Crippen molar-refractivity contribution < 1.29 is 14.3 Å². The fraction of sp³-hybridized carbons (Fsp3) is 0.562. The first kappa shape index (κ1) is 16.5. The Kier molecular flexibility index (Phi) is 5.57. The molecule has 1 aromatic rings. The zero-order valence-corrected chi connectivity index (χ0v) is 13.3. The molecular weight excluding hydrogens is 254 g/mol. The second-order valence-corrected chi connectivity index (χ2v) is 5.03. The Morgan fingerprint density at radius 2 is 1.75 bits per heavy atom. The van der Waals surface area contributed by atoms with Crippen LogP contribution in [0.1, 0.15) is 37.0 Å². The Morgan fingerprint density at radius 1 is 1.15 bits per heavy atom. The number of hydrogen-bond donors (Lipinski definition) is 0. The normalized spacial score (nSPS) is 11.6. The van der Waals surface area contributed by atoms with Crippen molar-refractivity contribution in [3.8, 4) is 11.5 Å². The smallest absolute Gasteiger partial charge is 0.186 e. The van der Waals surface area contributed by atoms with Gasteiger partial charge in [-0.3, -0.25) is 9.69 Å². The van der Waals surface area contributed by atoms with E-state index in [4.69, 9.17) is 9.47 Å². The van der Waals surface area contributed by atoms with Gasteiger partial charge in [0.05, 0.1) is 25.3 Å². The quantitative estimate of drug-likeness (QED) is 0.719. The molecule has 0 fully saturated rings. The Balaban J connectivity index is 3.37. The molecule has 1 rings (SSSR count). The van der Waals surface area contributed by atoms with Crippen LogP contribution in [-0.4, -0.2) is 44.5 Å². The Bertz CT molecular complexity index is 465. The fourth-order valence-corrected chi connectivity index (χ4v) is 2.65. The third-order valence-electron chi connectivity index (χ3n) is 4.10. The van der Waals surface area contributed by atoms with Crippen LogP contribution in [0.3, 0.4) is 0 Å². The van der Waals surface area contributed by atoms with E-state index in [1.54, 1.807) is 32.4 Å². The van der Waals surface area contributed by atoms with Crippen LogP contribution in [0.25, 0.3) is 0 Å². The first-order chi connectivity index (χ1) is 9.46. The molecule has 0 heterocycles. The number of hydrogen-bond acceptors (Lipinski definition) is 4. The maximum atomic E-state index is 13.0. The molecule has 0 aromatic heterocycles. The second-order valence-electron chi connectivity index (χ2n) is 5.03. The maximum Gasteiger partial charge on any atom is 0.186 e. The van der Waals surface area contributed by atoms with Crippen LogP contribution in [0.15, 0.2) is 18.2 Å². The van der Waals surface area contributed by atoms with Crippen molar-refractivity contribution in [2.45, 2.75) is 32.2 Å². The van der Waals surface area contributed by atoms with Gasteiger partial charge in [0.15, 0.2) is 5.78 Å². The minimum absolute atomic E-state index is 0.0725. The van der Waals surface area contributed by atoms with E-state index in [0.29, 0.717) is 17.1 Å². The first-order valence-corrected chi connectivity index (χ1v) is 6.91. The molecule has 0 N–H and O–H groups in total. The molecule has 0 spiro atoms. The number of carbonyl (C=O) groups is 1. The third-order valence-corrected chi connectivity index (χ3v) is 4.10. The Hall–Kier alpha value is -1.55. The van der Waals surface area contributed by atoms with E-state index >= 15 is 0 Å². The van der Waals surface area contributed by atoms with Gasteiger partial charge in [0.1, 0.15) is 11.5 Å². The standard InChI is InChI=1S/C16H25NO3/c1-7-16(8-2,17(3)4)15(18)13-11-12(19-5)9-10-14(13)20-6/h9-11H,7-8H2,1-6H3. The molecule has 0 amide bonds. The second kappa shape index (κ2) is 6.75. The van der Waals surface area contributed by atoms with E-state index in [2.05, 4.69) is 0 Å². The van der Waals surface area contributed by atoms with Crippen molar-refractivity contribution in [2.75, 3.05) is 28.3 Å². The van der Waals surface area contributed by atoms with Crippen LogP contribution in [0.2, 0.25) is 0 Å². The summed E-state index contributed by atoms with van der Waals surface area (Å²) in [4.78, 5) is 15.0. The monoisotopic (exact) mass is 279 g/mol. The van der Waals surface area contributed by atoms with Crippen molar-refractivity contribution >= 4 is 5.78 Å². The summed E-state index contributed by atoms with van der Waals surface area (Å²) in [6.07, 6.45) is 1.49. The summed E-state index contributed by atoms with van der Waals surface area (Å²) in [6.45, 7) is 4.07. The van der Waals surface area contributed by atoms with E-state index in [9.17, 15) is 4.79 Å². The van der Waals surface area contributed by atoms with E-state index in [1.807, 2.05) is 32.8 Å². The molecule has 0 aliphatic heterocycles. The van der Waals surface area contributed by atoms with Crippen LogP contribution in [0.4, 0.5) is 0 Å². The third kappa shape index (κ3) is 2.80. The fourth-order valence-electron chi connectivity index (χ4n) is 2.65. The van der Waals surface area contributed by atoms with Gasteiger partial charge < -0.3 is 9.47 Å². The summed E-state index contributed by atoms with van der Waals surface area (Å²) in [7, 11) is 7.05. The van der Waals surface area contributed by atoms with Crippen molar-refractivity contribution in [1.29, 1.82) is 0 Å². The number of likely N-dealkylation sites (N-methyl/N-ethyl adjacent to an activating group) is 1. The molecular formula is C16H25NO3. The minimum Gasteiger partial charge on any atom is -0.497 e. The molecule has 0 saturated heterocycles. The average molecular weight is 279 g/mol. The number of carbonyl (C=O) groups excluding carboxylic acids is 1. The summed E-state index contributed by atoms with van der Waals surface area (Å²) in [5, 5.41) is 0. The molecule has 0 atom stereocenters. The lowest BCUT2D eigenvalue weighted by Gasteiger charge is -2.37. The lowest BCUT2D eigenvalue weighted by molar-refractivity contribution is 0.0652. The zero-order valence-electron chi connectivity index (χ0n) is 13.3. The number of methoxy groups -OCH3 is 2. The van der Waals surface area contributed by atoms with Gasteiger partial charge in [-0.05, 0) is 45.1 Å².